The van der Waals surface area contributed by atoms with E-state index in [-0.39, 0.29) is 11.5 Å². The Labute approximate surface area is 193 Å². The molecule has 2 aliphatic heterocycles. The van der Waals surface area contributed by atoms with Crippen molar-refractivity contribution in [2.45, 2.75) is 19.9 Å². The molecule has 0 spiro atoms. The van der Waals surface area contributed by atoms with Gasteiger partial charge < -0.3 is 9.64 Å². The SMILES string of the molecule is CCN1C(=O)/C(=c2\sc3n(c2=O)C(c2ccccc2)C(C(=O)OC)=C(C)N=3)c2ccccc21. The molecule has 0 N–H and O–H groups in total. The summed E-state index contributed by atoms with van der Waals surface area (Å²) in [6, 6.07) is 16.1. The monoisotopic (exact) mass is 459 g/mol. The Bertz CT molecular complexity index is 1510. The molecule has 3 heterocycles. The van der Waals surface area contributed by atoms with Crippen LogP contribution in [-0.2, 0) is 14.3 Å². The number of nitrogens with zero attached hydrogens (tertiary/aromatic N) is 3. The highest BCUT2D eigenvalue weighted by atomic mass is 32.1. The summed E-state index contributed by atoms with van der Waals surface area (Å²) in [4.78, 5) is 46.6. The Hall–Kier alpha value is -3.78. The van der Waals surface area contributed by atoms with Crippen LogP contribution in [0.4, 0.5) is 5.69 Å². The first-order valence-corrected chi connectivity index (χ1v) is 11.4. The molecule has 0 bridgehead atoms. The molecule has 1 unspecified atom stereocenters. The summed E-state index contributed by atoms with van der Waals surface area (Å²) in [7, 11) is 1.31. The van der Waals surface area contributed by atoms with Crippen LogP contribution < -0.4 is 19.8 Å². The van der Waals surface area contributed by atoms with Crippen LogP contribution in [0.25, 0.3) is 5.57 Å². The third kappa shape index (κ3) is 3.09. The minimum absolute atomic E-state index is 0.205. The van der Waals surface area contributed by atoms with Gasteiger partial charge in [-0.15, -0.1) is 0 Å². The Kier molecular flexibility index (Phi) is 5.09. The molecule has 0 saturated carbocycles. The van der Waals surface area contributed by atoms with Gasteiger partial charge in [0, 0.05) is 12.1 Å². The summed E-state index contributed by atoms with van der Waals surface area (Å²) in [6.45, 7) is 4.13. The van der Waals surface area contributed by atoms with Crippen molar-refractivity contribution >= 4 is 34.5 Å². The van der Waals surface area contributed by atoms with Crippen LogP contribution in [0.3, 0.4) is 0 Å². The van der Waals surface area contributed by atoms with E-state index in [1.54, 1.807) is 11.8 Å². The quantitative estimate of drug-likeness (QED) is 0.562. The Morgan fingerprint density at radius 1 is 1.09 bits per heavy atom. The molecule has 8 heteroatoms. The number of anilines is 1. The number of benzene rings is 2. The highest BCUT2D eigenvalue weighted by molar-refractivity contribution is 7.07. The smallest absolute Gasteiger partial charge is 0.338 e. The molecule has 1 atom stereocenters. The van der Waals surface area contributed by atoms with Crippen molar-refractivity contribution in [3.05, 3.63) is 96.7 Å². The second kappa shape index (κ2) is 7.97. The largest absolute Gasteiger partial charge is 0.466 e. The molecule has 1 amide bonds. The van der Waals surface area contributed by atoms with Crippen molar-refractivity contribution in [1.82, 2.24) is 4.57 Å². The van der Waals surface area contributed by atoms with Gasteiger partial charge in [-0.1, -0.05) is 59.9 Å². The fourth-order valence-electron chi connectivity index (χ4n) is 4.51. The molecular formula is C25H21N3O4S. The number of esters is 1. The van der Waals surface area contributed by atoms with E-state index in [0.717, 1.165) is 16.8 Å². The van der Waals surface area contributed by atoms with E-state index >= 15 is 0 Å². The molecule has 0 aliphatic carbocycles. The molecule has 3 aromatic rings. The lowest BCUT2D eigenvalue weighted by atomic mass is 9.96. The van der Waals surface area contributed by atoms with Crippen LogP contribution in [0, 0.1) is 0 Å². The number of fused-ring (bicyclic) bond motifs is 2. The Morgan fingerprint density at radius 2 is 1.79 bits per heavy atom. The topological polar surface area (TPSA) is 81.0 Å². The lowest BCUT2D eigenvalue weighted by Crippen LogP contribution is -2.40. The number of aromatic nitrogens is 1. The number of para-hydroxylation sites is 1. The van der Waals surface area contributed by atoms with Crippen molar-refractivity contribution in [1.29, 1.82) is 0 Å². The van der Waals surface area contributed by atoms with Crippen molar-refractivity contribution < 1.29 is 14.3 Å². The molecule has 1 aromatic heterocycles. The van der Waals surface area contributed by atoms with Gasteiger partial charge in [0.1, 0.15) is 4.53 Å². The second-order valence-electron chi connectivity index (χ2n) is 7.75. The number of hydrogen-bond donors (Lipinski definition) is 0. The normalized spacial score (nSPS) is 18.7. The third-order valence-corrected chi connectivity index (χ3v) is 7.04. The van der Waals surface area contributed by atoms with Gasteiger partial charge in [-0.25, -0.2) is 9.79 Å². The number of carbonyl (C=O) groups excluding carboxylic acids is 2. The summed E-state index contributed by atoms with van der Waals surface area (Å²) in [5, 5.41) is 0. The van der Waals surface area contributed by atoms with Crippen LogP contribution in [0.2, 0.25) is 0 Å². The zero-order valence-corrected chi connectivity index (χ0v) is 19.2. The molecule has 0 fully saturated rings. The number of allylic oxidation sites excluding steroid dienone is 1. The maximum Gasteiger partial charge on any atom is 0.338 e. The van der Waals surface area contributed by atoms with Crippen molar-refractivity contribution in [3.63, 3.8) is 0 Å². The zero-order valence-electron chi connectivity index (χ0n) is 18.4. The van der Waals surface area contributed by atoms with Crippen LogP contribution in [0.15, 0.2) is 75.7 Å². The van der Waals surface area contributed by atoms with Gasteiger partial charge in [0.05, 0.1) is 35.7 Å². The molecule has 166 valence electrons. The fraction of sp³-hybridized carbons (Fsp3) is 0.200. The van der Waals surface area contributed by atoms with E-state index in [1.165, 1.54) is 23.0 Å². The van der Waals surface area contributed by atoms with Gasteiger partial charge in [0.2, 0.25) is 0 Å². The van der Waals surface area contributed by atoms with Crippen LogP contribution in [0.5, 0.6) is 0 Å². The molecule has 33 heavy (non-hydrogen) atoms. The average molecular weight is 460 g/mol. The van der Waals surface area contributed by atoms with E-state index < -0.39 is 12.0 Å². The predicted molar refractivity (Wildman–Crippen MR) is 126 cm³/mol. The summed E-state index contributed by atoms with van der Waals surface area (Å²) in [6.07, 6.45) is 0. The molecule has 2 aliphatic rings. The number of methoxy groups -OCH3 is 1. The van der Waals surface area contributed by atoms with Gasteiger partial charge in [0.15, 0.2) is 4.80 Å². The van der Waals surface area contributed by atoms with Crippen LogP contribution in [0.1, 0.15) is 31.0 Å². The van der Waals surface area contributed by atoms with E-state index in [4.69, 9.17) is 4.74 Å². The Morgan fingerprint density at radius 3 is 2.48 bits per heavy atom. The number of hydrogen-bond acceptors (Lipinski definition) is 6. The summed E-state index contributed by atoms with van der Waals surface area (Å²) in [5.74, 6) is -0.744. The third-order valence-electron chi connectivity index (χ3n) is 5.98. The lowest BCUT2D eigenvalue weighted by molar-refractivity contribution is -0.136. The lowest BCUT2D eigenvalue weighted by Gasteiger charge is -2.24. The minimum atomic E-state index is -0.696. The number of carbonyl (C=O) groups is 2. The highest BCUT2D eigenvalue weighted by Crippen LogP contribution is 2.35. The zero-order chi connectivity index (χ0) is 23.3. The van der Waals surface area contributed by atoms with E-state index in [2.05, 4.69) is 4.99 Å². The van der Waals surface area contributed by atoms with Crippen molar-refractivity contribution in [2.75, 3.05) is 18.6 Å². The summed E-state index contributed by atoms with van der Waals surface area (Å²) < 4.78 is 6.86. The van der Waals surface area contributed by atoms with Gasteiger partial charge in [-0.2, -0.15) is 0 Å². The van der Waals surface area contributed by atoms with Crippen LogP contribution in [-0.4, -0.2) is 30.1 Å². The standard InChI is InChI=1S/C25H21N3O4S/c1-4-27-17-13-9-8-12-16(17)19(22(27)29)21-23(30)28-20(15-10-6-5-7-11-15)18(24(31)32-3)14(2)26-25(28)33-21/h5-13,20H,4H2,1-3H3/b21-19-. The summed E-state index contributed by atoms with van der Waals surface area (Å²) >= 11 is 1.18. The number of thiazole rings is 1. The number of rotatable bonds is 3. The average Bonchev–Trinajstić information content (AvgIpc) is 3.30. The molecule has 5 rings (SSSR count). The molecule has 2 aromatic carbocycles. The van der Waals surface area contributed by atoms with Gasteiger partial charge >= 0.3 is 5.97 Å². The van der Waals surface area contributed by atoms with Gasteiger partial charge in [-0.05, 0) is 25.5 Å². The first-order chi connectivity index (χ1) is 16.0. The van der Waals surface area contributed by atoms with Gasteiger partial charge in [0.25, 0.3) is 11.5 Å². The summed E-state index contributed by atoms with van der Waals surface area (Å²) in [5.41, 5.74) is 3.11. The molecular weight excluding hydrogens is 438 g/mol. The first-order valence-electron chi connectivity index (χ1n) is 10.6. The van der Waals surface area contributed by atoms with E-state index in [9.17, 15) is 14.4 Å². The number of amides is 1. The molecule has 0 saturated heterocycles. The first kappa shape index (κ1) is 21.1. The number of likely N-dealkylation sites (N-methyl/N-ethyl adjacent to an activating group) is 1. The van der Waals surface area contributed by atoms with E-state index in [1.807, 2.05) is 61.5 Å². The van der Waals surface area contributed by atoms with Crippen molar-refractivity contribution in [2.24, 2.45) is 4.99 Å². The van der Waals surface area contributed by atoms with Gasteiger partial charge in [-0.3, -0.25) is 14.2 Å². The molecule has 7 nitrogen and oxygen atoms in total. The maximum absolute atomic E-state index is 13.8. The van der Waals surface area contributed by atoms with E-state index in [0.29, 0.717) is 32.7 Å². The second-order valence-corrected chi connectivity index (χ2v) is 8.72. The molecule has 0 radical (unpaired) electrons. The predicted octanol–water partition coefficient (Wildman–Crippen LogP) is 2.14. The minimum Gasteiger partial charge on any atom is -0.466 e. The maximum atomic E-state index is 13.8. The van der Waals surface area contributed by atoms with Crippen LogP contribution >= 0.6 is 11.3 Å². The fourth-order valence-corrected chi connectivity index (χ4v) is 5.64. The number of ether oxygens (including phenoxy) is 1. The Balaban J connectivity index is 1.85. The highest BCUT2D eigenvalue weighted by Gasteiger charge is 2.36. The van der Waals surface area contributed by atoms with Crippen molar-refractivity contribution in [3.8, 4) is 0 Å².